The van der Waals surface area contributed by atoms with Gasteiger partial charge in [-0.2, -0.15) is 0 Å². The van der Waals surface area contributed by atoms with Crippen molar-refractivity contribution in [2.45, 2.75) is 25.2 Å². The normalized spacial score (nSPS) is 17.9. The third kappa shape index (κ3) is 2.62. The number of nitrogens with zero attached hydrogens (tertiary/aromatic N) is 2. The molecule has 1 aliphatic heterocycles. The Labute approximate surface area is 130 Å². The van der Waals surface area contributed by atoms with Crippen molar-refractivity contribution in [3.05, 3.63) is 46.5 Å². The van der Waals surface area contributed by atoms with Crippen LogP contribution in [0.1, 0.15) is 25.5 Å². The van der Waals surface area contributed by atoms with Crippen LogP contribution < -0.4 is 5.32 Å². The second-order valence-corrected chi connectivity index (χ2v) is 6.53. The van der Waals surface area contributed by atoms with Crippen molar-refractivity contribution >= 4 is 15.9 Å². The number of halogens is 3. The first-order valence-corrected chi connectivity index (χ1v) is 7.69. The SMILES string of the molecule is CC1(c2cncn2-c2cc(Br)c(F)cc2F)CCNCC1. The molecule has 0 radical (unpaired) electrons. The molecule has 0 aliphatic carbocycles. The molecule has 1 N–H and O–H groups in total. The second-order valence-electron chi connectivity index (χ2n) is 5.68. The maximum Gasteiger partial charge on any atom is 0.150 e. The third-order valence-electron chi connectivity index (χ3n) is 4.21. The molecule has 1 aromatic heterocycles. The van der Waals surface area contributed by atoms with Crippen molar-refractivity contribution in [2.24, 2.45) is 0 Å². The highest BCUT2D eigenvalue weighted by molar-refractivity contribution is 9.10. The number of hydrogen-bond donors (Lipinski definition) is 1. The molecule has 1 fully saturated rings. The van der Waals surface area contributed by atoms with Crippen molar-refractivity contribution < 1.29 is 8.78 Å². The van der Waals surface area contributed by atoms with Crippen molar-refractivity contribution in [1.82, 2.24) is 14.9 Å². The Balaban J connectivity index is 2.09. The van der Waals surface area contributed by atoms with Crippen LogP contribution in [0.4, 0.5) is 8.78 Å². The van der Waals surface area contributed by atoms with E-state index in [-0.39, 0.29) is 9.89 Å². The molecule has 1 saturated heterocycles. The van der Waals surface area contributed by atoms with Gasteiger partial charge in [-0.05, 0) is 47.9 Å². The molecular weight excluding hydrogens is 340 g/mol. The Bertz CT molecular complexity index is 663. The molecule has 2 aromatic rings. The van der Waals surface area contributed by atoms with Gasteiger partial charge in [-0.3, -0.25) is 4.57 Å². The summed E-state index contributed by atoms with van der Waals surface area (Å²) in [5.74, 6) is -1.20. The summed E-state index contributed by atoms with van der Waals surface area (Å²) in [6, 6.07) is 2.36. The van der Waals surface area contributed by atoms with Crippen LogP contribution in [0.25, 0.3) is 5.69 Å². The lowest BCUT2D eigenvalue weighted by Gasteiger charge is -2.34. The first-order valence-electron chi connectivity index (χ1n) is 6.90. The summed E-state index contributed by atoms with van der Waals surface area (Å²) in [5.41, 5.74) is 1.21. The molecule has 1 aromatic carbocycles. The zero-order valence-corrected chi connectivity index (χ0v) is 13.3. The van der Waals surface area contributed by atoms with Crippen LogP contribution in [-0.2, 0) is 5.41 Å². The number of aromatic nitrogens is 2. The van der Waals surface area contributed by atoms with Gasteiger partial charge in [0, 0.05) is 23.4 Å². The number of piperidine rings is 1. The summed E-state index contributed by atoms with van der Waals surface area (Å²) in [4.78, 5) is 4.18. The average Bonchev–Trinajstić information content (AvgIpc) is 2.93. The summed E-state index contributed by atoms with van der Waals surface area (Å²) in [6.07, 6.45) is 5.29. The summed E-state index contributed by atoms with van der Waals surface area (Å²) < 4.78 is 29.5. The van der Waals surface area contributed by atoms with Gasteiger partial charge in [0.25, 0.3) is 0 Å². The topological polar surface area (TPSA) is 29.9 Å². The number of rotatable bonds is 2. The Morgan fingerprint density at radius 2 is 1.95 bits per heavy atom. The van der Waals surface area contributed by atoms with Crippen LogP contribution in [-0.4, -0.2) is 22.6 Å². The van der Waals surface area contributed by atoms with Gasteiger partial charge in [0.1, 0.15) is 11.6 Å². The lowest BCUT2D eigenvalue weighted by atomic mass is 9.78. The van der Waals surface area contributed by atoms with Crippen LogP contribution in [0.2, 0.25) is 0 Å². The maximum absolute atomic E-state index is 14.1. The first-order chi connectivity index (χ1) is 10.0. The minimum absolute atomic E-state index is 0.0605. The van der Waals surface area contributed by atoms with Gasteiger partial charge in [0.15, 0.2) is 0 Å². The largest absolute Gasteiger partial charge is 0.317 e. The van der Waals surface area contributed by atoms with Crippen molar-refractivity contribution in [3.8, 4) is 5.69 Å². The van der Waals surface area contributed by atoms with Crippen LogP contribution in [0.15, 0.2) is 29.1 Å². The molecule has 0 bridgehead atoms. The van der Waals surface area contributed by atoms with Gasteiger partial charge >= 0.3 is 0 Å². The molecule has 1 aliphatic rings. The maximum atomic E-state index is 14.1. The number of hydrogen-bond acceptors (Lipinski definition) is 2. The standard InChI is InChI=1S/C15H16BrF2N3/c1-15(2-4-19-5-3-15)14-8-20-9-21(14)13-6-10(16)11(17)7-12(13)18/h6-9,19H,2-5H2,1H3. The third-order valence-corrected chi connectivity index (χ3v) is 4.82. The highest BCUT2D eigenvalue weighted by Crippen LogP contribution is 2.35. The van der Waals surface area contributed by atoms with E-state index in [1.165, 1.54) is 6.07 Å². The van der Waals surface area contributed by atoms with Gasteiger partial charge in [-0.1, -0.05) is 6.92 Å². The zero-order chi connectivity index (χ0) is 15.0. The van der Waals surface area contributed by atoms with E-state index < -0.39 is 11.6 Å². The van der Waals surface area contributed by atoms with Gasteiger partial charge < -0.3 is 5.32 Å². The Morgan fingerprint density at radius 1 is 1.24 bits per heavy atom. The van der Waals surface area contributed by atoms with E-state index in [0.29, 0.717) is 5.69 Å². The van der Waals surface area contributed by atoms with Gasteiger partial charge in [-0.25, -0.2) is 13.8 Å². The predicted molar refractivity (Wildman–Crippen MR) is 80.6 cm³/mol. The molecule has 3 rings (SSSR count). The molecule has 0 amide bonds. The van der Waals surface area contributed by atoms with Crippen LogP contribution >= 0.6 is 15.9 Å². The van der Waals surface area contributed by atoms with Crippen molar-refractivity contribution in [3.63, 3.8) is 0 Å². The van der Waals surface area contributed by atoms with E-state index in [1.54, 1.807) is 17.1 Å². The fraction of sp³-hybridized carbons (Fsp3) is 0.400. The van der Waals surface area contributed by atoms with E-state index in [0.717, 1.165) is 37.7 Å². The summed E-state index contributed by atoms with van der Waals surface area (Å²) in [6.45, 7) is 4.02. The van der Waals surface area contributed by atoms with Crippen molar-refractivity contribution in [2.75, 3.05) is 13.1 Å². The molecule has 2 heterocycles. The minimum atomic E-state index is -0.606. The van der Waals surface area contributed by atoms with E-state index in [2.05, 4.69) is 33.2 Å². The molecule has 6 heteroatoms. The summed E-state index contributed by atoms with van der Waals surface area (Å²) in [7, 11) is 0. The highest BCUT2D eigenvalue weighted by Gasteiger charge is 2.32. The molecule has 21 heavy (non-hydrogen) atoms. The Kier molecular flexibility index (Phi) is 3.84. The zero-order valence-electron chi connectivity index (χ0n) is 11.7. The Hall–Kier alpha value is -1.27. The smallest absolute Gasteiger partial charge is 0.150 e. The highest BCUT2D eigenvalue weighted by atomic mass is 79.9. The molecule has 0 atom stereocenters. The average molecular weight is 356 g/mol. The van der Waals surface area contributed by atoms with E-state index >= 15 is 0 Å². The van der Waals surface area contributed by atoms with E-state index in [1.807, 2.05) is 0 Å². The lowest BCUT2D eigenvalue weighted by molar-refractivity contribution is 0.323. The molecule has 0 unspecified atom stereocenters. The number of nitrogens with one attached hydrogen (secondary N) is 1. The summed E-state index contributed by atoms with van der Waals surface area (Å²) in [5, 5.41) is 3.33. The summed E-state index contributed by atoms with van der Waals surface area (Å²) >= 11 is 3.11. The van der Waals surface area contributed by atoms with Gasteiger partial charge in [0.05, 0.1) is 16.5 Å². The monoisotopic (exact) mass is 355 g/mol. The molecule has 0 saturated carbocycles. The number of benzene rings is 1. The van der Waals surface area contributed by atoms with Crippen LogP contribution in [0.3, 0.4) is 0 Å². The quantitative estimate of drug-likeness (QED) is 0.834. The molecular formula is C15H16BrF2N3. The first kappa shape index (κ1) is 14.7. The molecule has 0 spiro atoms. The van der Waals surface area contributed by atoms with Crippen LogP contribution in [0, 0.1) is 11.6 Å². The molecule has 3 nitrogen and oxygen atoms in total. The van der Waals surface area contributed by atoms with Gasteiger partial charge in [0.2, 0.25) is 0 Å². The van der Waals surface area contributed by atoms with Crippen molar-refractivity contribution in [1.29, 1.82) is 0 Å². The Morgan fingerprint density at radius 3 is 2.67 bits per heavy atom. The fourth-order valence-electron chi connectivity index (χ4n) is 2.86. The minimum Gasteiger partial charge on any atom is -0.317 e. The fourth-order valence-corrected chi connectivity index (χ4v) is 3.20. The molecule has 112 valence electrons. The number of imidazole rings is 1. The van der Waals surface area contributed by atoms with E-state index in [4.69, 9.17) is 0 Å². The predicted octanol–water partition coefficient (Wildman–Crippen LogP) is 3.55. The van der Waals surface area contributed by atoms with Gasteiger partial charge in [-0.15, -0.1) is 0 Å². The van der Waals surface area contributed by atoms with Crippen LogP contribution in [0.5, 0.6) is 0 Å². The lowest BCUT2D eigenvalue weighted by Crippen LogP contribution is -2.38. The van der Waals surface area contributed by atoms with E-state index in [9.17, 15) is 8.78 Å². The second kappa shape index (κ2) is 5.50.